The Kier molecular flexibility index (Phi) is 11.6. The van der Waals surface area contributed by atoms with Gasteiger partial charge in [0.05, 0.1) is 17.2 Å². The van der Waals surface area contributed by atoms with E-state index in [0.29, 0.717) is 17.9 Å². The lowest BCUT2D eigenvalue weighted by Crippen LogP contribution is -2.53. The average Bonchev–Trinajstić information content (AvgIpc) is 3.06. The number of benzene rings is 4. The van der Waals surface area contributed by atoms with Crippen molar-refractivity contribution >= 4 is 39.3 Å². The first-order valence-corrected chi connectivity index (χ1v) is 17.0. The number of amides is 2. The molecule has 1 atom stereocenters. The Morgan fingerprint density at radius 1 is 0.889 bits per heavy atom. The van der Waals surface area contributed by atoms with Crippen LogP contribution in [0.3, 0.4) is 0 Å². The molecule has 4 aromatic carbocycles. The molecular weight excluding hydrogens is 614 g/mol. The highest BCUT2D eigenvalue weighted by Crippen LogP contribution is 2.28. The lowest BCUT2D eigenvalue weighted by Gasteiger charge is -2.33. The Balaban J connectivity index is 1.78. The van der Waals surface area contributed by atoms with Gasteiger partial charge in [-0.2, -0.15) is 0 Å². The number of carbonyl (C=O) groups excluding carboxylic acids is 2. The van der Waals surface area contributed by atoms with Crippen LogP contribution in [0.1, 0.15) is 18.1 Å². The molecule has 0 fully saturated rings. The SMILES string of the molecule is CCOc1ccc(N(CC(=O)N(Cc2ccc(F)cc2)[C@H](Cc2ccccc2)C(=O)NC)S(=O)(=O)c2ccc(SC)cc2)cc1. The second-order valence-corrected chi connectivity index (χ2v) is 12.8. The number of nitrogens with one attached hydrogen (secondary N) is 1. The van der Waals surface area contributed by atoms with E-state index in [1.165, 1.54) is 60.1 Å². The van der Waals surface area contributed by atoms with Gasteiger partial charge in [-0.15, -0.1) is 11.8 Å². The van der Waals surface area contributed by atoms with Crippen LogP contribution in [0.4, 0.5) is 10.1 Å². The quantitative estimate of drug-likeness (QED) is 0.181. The van der Waals surface area contributed by atoms with Crippen molar-refractivity contribution in [2.75, 3.05) is 30.8 Å². The molecule has 0 unspecified atom stereocenters. The average molecular weight is 650 g/mol. The van der Waals surface area contributed by atoms with Gasteiger partial charge in [-0.1, -0.05) is 42.5 Å². The fraction of sp³-hybridized carbons (Fsp3) is 0.235. The molecule has 8 nitrogen and oxygen atoms in total. The number of nitrogens with zero attached hydrogens (tertiary/aromatic N) is 2. The molecule has 0 saturated heterocycles. The van der Waals surface area contributed by atoms with E-state index in [2.05, 4.69) is 5.32 Å². The zero-order valence-electron chi connectivity index (χ0n) is 25.4. The highest BCUT2D eigenvalue weighted by Gasteiger charge is 2.34. The summed E-state index contributed by atoms with van der Waals surface area (Å²) >= 11 is 1.48. The summed E-state index contributed by atoms with van der Waals surface area (Å²) in [7, 11) is -2.75. The molecule has 45 heavy (non-hydrogen) atoms. The smallest absolute Gasteiger partial charge is 0.264 e. The van der Waals surface area contributed by atoms with E-state index in [1.54, 1.807) is 36.4 Å². The molecule has 4 aromatic rings. The topological polar surface area (TPSA) is 96.0 Å². The molecule has 0 radical (unpaired) electrons. The minimum absolute atomic E-state index is 0.0132. The summed E-state index contributed by atoms with van der Waals surface area (Å²) in [4.78, 5) is 29.9. The largest absolute Gasteiger partial charge is 0.494 e. The summed E-state index contributed by atoms with van der Waals surface area (Å²) in [6.07, 6.45) is 2.07. The molecule has 2 amide bonds. The van der Waals surface area contributed by atoms with Crippen molar-refractivity contribution < 1.29 is 27.1 Å². The van der Waals surface area contributed by atoms with Crippen molar-refractivity contribution in [3.05, 3.63) is 120 Å². The van der Waals surface area contributed by atoms with Crippen LogP contribution in [0, 0.1) is 5.82 Å². The molecule has 0 heterocycles. The van der Waals surface area contributed by atoms with E-state index in [9.17, 15) is 22.4 Å². The molecule has 1 N–H and O–H groups in total. The van der Waals surface area contributed by atoms with Crippen LogP contribution < -0.4 is 14.4 Å². The number of likely N-dealkylation sites (N-methyl/N-ethyl adjacent to an activating group) is 1. The molecule has 0 aliphatic carbocycles. The first-order chi connectivity index (χ1) is 21.7. The Bertz CT molecular complexity index is 1670. The summed E-state index contributed by atoms with van der Waals surface area (Å²) in [6.45, 7) is 1.63. The molecule has 0 bridgehead atoms. The number of halogens is 1. The zero-order valence-corrected chi connectivity index (χ0v) is 27.0. The molecule has 0 saturated carbocycles. The van der Waals surface area contributed by atoms with Crippen LogP contribution >= 0.6 is 11.8 Å². The van der Waals surface area contributed by atoms with Crippen molar-refractivity contribution in [2.45, 2.75) is 35.7 Å². The second kappa shape index (κ2) is 15.6. The fourth-order valence-electron chi connectivity index (χ4n) is 4.79. The second-order valence-electron chi connectivity index (χ2n) is 10.1. The Morgan fingerprint density at radius 3 is 2.11 bits per heavy atom. The number of ether oxygens (including phenoxy) is 1. The number of anilines is 1. The van der Waals surface area contributed by atoms with E-state index in [4.69, 9.17) is 4.74 Å². The van der Waals surface area contributed by atoms with E-state index in [0.717, 1.165) is 14.8 Å². The van der Waals surface area contributed by atoms with E-state index >= 15 is 0 Å². The fourth-order valence-corrected chi connectivity index (χ4v) is 6.61. The Labute approximate surface area is 268 Å². The van der Waals surface area contributed by atoms with E-state index in [-0.39, 0.29) is 23.5 Å². The van der Waals surface area contributed by atoms with Crippen LogP contribution in [0.2, 0.25) is 0 Å². The molecular formula is C34H36FN3O5S2. The lowest BCUT2D eigenvalue weighted by molar-refractivity contribution is -0.139. The van der Waals surface area contributed by atoms with Crippen LogP contribution in [-0.4, -0.2) is 57.6 Å². The maximum absolute atomic E-state index is 14.3. The predicted octanol–water partition coefficient (Wildman–Crippen LogP) is 5.53. The van der Waals surface area contributed by atoms with Gasteiger partial charge in [-0.25, -0.2) is 12.8 Å². The standard InChI is InChI=1S/C34H36FN3O5S2/c1-4-43-29-16-14-28(15-17-29)38(45(41,42)31-20-18-30(44-3)19-21-31)24-33(39)37(23-26-10-12-27(35)13-11-26)32(34(40)36-2)22-25-8-6-5-7-9-25/h5-21,32H,4,22-24H2,1-3H3,(H,36,40)/t32-/m1/s1. The van der Waals surface area contributed by atoms with Crippen LogP contribution in [0.5, 0.6) is 5.75 Å². The third-order valence-corrected chi connectivity index (χ3v) is 9.68. The van der Waals surface area contributed by atoms with E-state index in [1.807, 2.05) is 43.5 Å². The molecule has 4 rings (SSSR count). The maximum Gasteiger partial charge on any atom is 0.264 e. The highest BCUT2D eigenvalue weighted by atomic mass is 32.2. The number of rotatable bonds is 14. The van der Waals surface area contributed by atoms with Gasteiger partial charge < -0.3 is 15.0 Å². The third-order valence-electron chi connectivity index (χ3n) is 7.15. The molecule has 0 aromatic heterocycles. The third kappa shape index (κ3) is 8.64. The first-order valence-electron chi connectivity index (χ1n) is 14.3. The first kappa shape index (κ1) is 33.5. The highest BCUT2D eigenvalue weighted by molar-refractivity contribution is 7.98. The van der Waals surface area contributed by atoms with Gasteiger partial charge in [-0.3, -0.25) is 13.9 Å². The summed E-state index contributed by atoms with van der Waals surface area (Å²) < 4.78 is 48.6. The Hall–Kier alpha value is -4.35. The van der Waals surface area contributed by atoms with Gasteiger partial charge in [0.2, 0.25) is 11.8 Å². The molecule has 236 valence electrons. The van der Waals surface area contributed by atoms with Gasteiger partial charge in [0, 0.05) is 24.9 Å². The summed E-state index contributed by atoms with van der Waals surface area (Å²) in [5.41, 5.74) is 1.64. The van der Waals surface area contributed by atoms with Gasteiger partial charge in [0.15, 0.2) is 0 Å². The van der Waals surface area contributed by atoms with Gasteiger partial charge in [0.1, 0.15) is 24.2 Å². The Morgan fingerprint density at radius 2 is 1.53 bits per heavy atom. The van der Waals surface area contributed by atoms with Gasteiger partial charge >= 0.3 is 0 Å². The van der Waals surface area contributed by atoms with Gasteiger partial charge in [-0.05, 0) is 85.0 Å². The van der Waals surface area contributed by atoms with Gasteiger partial charge in [0.25, 0.3) is 10.0 Å². The minimum atomic E-state index is -4.24. The number of carbonyl (C=O) groups is 2. The molecule has 0 spiro atoms. The minimum Gasteiger partial charge on any atom is -0.494 e. The maximum atomic E-state index is 14.3. The lowest BCUT2D eigenvalue weighted by atomic mass is 10.0. The summed E-state index contributed by atoms with van der Waals surface area (Å²) in [6, 6.07) is 26.7. The summed E-state index contributed by atoms with van der Waals surface area (Å²) in [5.74, 6) is -0.918. The monoisotopic (exact) mass is 649 g/mol. The van der Waals surface area contributed by atoms with Crippen LogP contribution in [-0.2, 0) is 32.6 Å². The number of hydrogen-bond donors (Lipinski definition) is 1. The van der Waals surface area contributed by atoms with Crippen LogP contribution in [0.25, 0.3) is 0 Å². The van der Waals surface area contributed by atoms with Crippen molar-refractivity contribution in [1.29, 1.82) is 0 Å². The molecule has 0 aliphatic rings. The normalized spacial score (nSPS) is 11.8. The summed E-state index contributed by atoms with van der Waals surface area (Å²) in [5, 5.41) is 2.65. The zero-order chi connectivity index (χ0) is 32.4. The van der Waals surface area contributed by atoms with Crippen molar-refractivity contribution in [3.8, 4) is 5.75 Å². The van der Waals surface area contributed by atoms with Crippen molar-refractivity contribution in [2.24, 2.45) is 0 Å². The van der Waals surface area contributed by atoms with E-state index < -0.39 is 40.2 Å². The molecule has 0 aliphatic heterocycles. The number of thioether (sulfide) groups is 1. The number of sulfonamides is 1. The molecule has 11 heteroatoms. The van der Waals surface area contributed by atoms with Crippen molar-refractivity contribution in [1.82, 2.24) is 10.2 Å². The van der Waals surface area contributed by atoms with Crippen molar-refractivity contribution in [3.63, 3.8) is 0 Å². The van der Waals surface area contributed by atoms with Crippen LogP contribution in [0.15, 0.2) is 113 Å². The predicted molar refractivity (Wildman–Crippen MR) is 175 cm³/mol. The number of hydrogen-bond acceptors (Lipinski definition) is 6.